The second kappa shape index (κ2) is 10.7. The van der Waals surface area contributed by atoms with Gasteiger partial charge in [-0.2, -0.15) is 9.57 Å². The number of nitriles is 1. The molecule has 0 unspecified atom stereocenters. The molecule has 182 valence electrons. The van der Waals surface area contributed by atoms with E-state index in [-0.39, 0.29) is 51.6 Å². The van der Waals surface area contributed by atoms with Gasteiger partial charge in [-0.3, -0.25) is 10.0 Å². The van der Waals surface area contributed by atoms with Crippen molar-refractivity contribution in [3.63, 3.8) is 0 Å². The van der Waals surface area contributed by atoms with Crippen LogP contribution in [0.3, 0.4) is 0 Å². The number of amides is 1. The standard InChI is InChI=1S/C23H26N4O5S.ClH/c24-17-18-1-3-19(4-2-18)20-5-7-21(8-6-20)26-11-13-27(14-12-26)33(30,31)23(22(28)25-29)9-15-32-16-10-23;/h1-8,29H,9-16H2,(H,25,28);1H. The summed E-state index contributed by atoms with van der Waals surface area (Å²) in [6, 6.07) is 17.5. The predicted octanol–water partition coefficient (Wildman–Crippen LogP) is 2.15. The molecule has 4 rings (SSSR count). The molecule has 2 aromatic rings. The summed E-state index contributed by atoms with van der Waals surface area (Å²) in [5, 5.41) is 18.1. The number of hydrogen-bond acceptors (Lipinski definition) is 7. The van der Waals surface area contributed by atoms with Crippen LogP contribution in [0, 0.1) is 11.3 Å². The third-order valence-corrected chi connectivity index (χ3v) is 9.09. The number of hydrogen-bond donors (Lipinski definition) is 2. The molecule has 34 heavy (non-hydrogen) atoms. The lowest BCUT2D eigenvalue weighted by molar-refractivity contribution is -0.134. The zero-order valence-corrected chi connectivity index (χ0v) is 20.1. The zero-order valence-electron chi connectivity index (χ0n) is 18.5. The molecule has 2 aliphatic heterocycles. The Bertz CT molecular complexity index is 1140. The molecule has 2 aromatic carbocycles. The lowest BCUT2D eigenvalue weighted by atomic mass is 9.98. The molecule has 0 aromatic heterocycles. The maximum absolute atomic E-state index is 13.4. The summed E-state index contributed by atoms with van der Waals surface area (Å²) in [5.74, 6) is -0.897. The smallest absolute Gasteiger partial charge is 0.266 e. The van der Waals surface area contributed by atoms with Gasteiger partial charge in [-0.25, -0.2) is 13.9 Å². The van der Waals surface area contributed by atoms with Crippen LogP contribution >= 0.6 is 12.4 Å². The van der Waals surface area contributed by atoms with Gasteiger partial charge in [0, 0.05) is 57.9 Å². The first-order chi connectivity index (χ1) is 15.9. The fourth-order valence-corrected chi connectivity index (χ4v) is 6.54. The Morgan fingerprint density at radius 3 is 2.00 bits per heavy atom. The first-order valence-electron chi connectivity index (χ1n) is 10.8. The molecule has 9 nitrogen and oxygen atoms in total. The molecule has 2 heterocycles. The van der Waals surface area contributed by atoms with Crippen molar-refractivity contribution in [2.45, 2.75) is 17.6 Å². The average Bonchev–Trinajstić information content (AvgIpc) is 2.88. The largest absolute Gasteiger partial charge is 0.381 e. The molecule has 2 saturated heterocycles. The average molecular weight is 507 g/mol. The minimum atomic E-state index is -3.98. The number of rotatable bonds is 5. The van der Waals surface area contributed by atoms with Crippen molar-refractivity contribution >= 4 is 34.0 Å². The number of nitrogens with zero attached hydrogens (tertiary/aromatic N) is 3. The van der Waals surface area contributed by atoms with Gasteiger partial charge in [0.2, 0.25) is 10.0 Å². The minimum absolute atomic E-state index is 0. The number of piperazine rings is 1. The number of sulfonamides is 1. The Morgan fingerprint density at radius 1 is 0.971 bits per heavy atom. The topological polar surface area (TPSA) is 123 Å². The summed E-state index contributed by atoms with van der Waals surface area (Å²) in [6.07, 6.45) is 0.0253. The number of ether oxygens (including phenoxy) is 1. The lowest BCUT2D eigenvalue weighted by Crippen LogP contribution is -2.62. The highest BCUT2D eigenvalue weighted by atomic mass is 35.5. The second-order valence-corrected chi connectivity index (χ2v) is 10.4. The van der Waals surface area contributed by atoms with E-state index >= 15 is 0 Å². The van der Waals surface area contributed by atoms with Gasteiger partial charge < -0.3 is 9.64 Å². The van der Waals surface area contributed by atoms with Crippen LogP contribution in [0.4, 0.5) is 5.69 Å². The zero-order chi connectivity index (χ0) is 23.5. The Hall–Kier alpha value is -2.68. The minimum Gasteiger partial charge on any atom is -0.381 e. The quantitative estimate of drug-likeness (QED) is 0.470. The number of hydroxylamine groups is 1. The number of halogens is 1. The summed E-state index contributed by atoms with van der Waals surface area (Å²) in [5.41, 5.74) is 5.19. The van der Waals surface area contributed by atoms with E-state index in [1.54, 1.807) is 17.6 Å². The number of anilines is 1. The van der Waals surface area contributed by atoms with Gasteiger partial charge in [0.05, 0.1) is 11.6 Å². The van der Waals surface area contributed by atoms with Crippen LogP contribution in [0.5, 0.6) is 0 Å². The normalized spacial score (nSPS) is 18.4. The fraction of sp³-hybridized carbons (Fsp3) is 0.391. The maximum Gasteiger partial charge on any atom is 0.266 e. The Kier molecular flexibility index (Phi) is 8.17. The van der Waals surface area contributed by atoms with Crippen molar-refractivity contribution in [1.29, 1.82) is 5.26 Å². The number of carbonyl (C=O) groups is 1. The summed E-state index contributed by atoms with van der Waals surface area (Å²) in [4.78, 5) is 14.5. The van der Waals surface area contributed by atoms with E-state index in [1.165, 1.54) is 4.31 Å². The third kappa shape index (κ3) is 4.76. The molecule has 0 spiro atoms. The summed E-state index contributed by atoms with van der Waals surface area (Å²) in [6.45, 7) is 1.78. The molecular formula is C23H27ClN4O5S. The van der Waals surface area contributed by atoms with E-state index in [0.717, 1.165) is 16.8 Å². The van der Waals surface area contributed by atoms with E-state index in [9.17, 15) is 18.4 Å². The molecule has 11 heteroatoms. The molecular weight excluding hydrogens is 480 g/mol. The van der Waals surface area contributed by atoms with Crippen molar-refractivity contribution in [3.05, 3.63) is 54.1 Å². The van der Waals surface area contributed by atoms with Crippen molar-refractivity contribution < 1.29 is 23.2 Å². The highest BCUT2D eigenvalue weighted by Crippen LogP contribution is 2.34. The Balaban J connectivity index is 0.00000324. The van der Waals surface area contributed by atoms with Crippen molar-refractivity contribution in [3.8, 4) is 17.2 Å². The van der Waals surface area contributed by atoms with E-state index in [1.807, 2.05) is 36.4 Å². The van der Waals surface area contributed by atoms with Crippen molar-refractivity contribution in [1.82, 2.24) is 9.79 Å². The molecule has 0 radical (unpaired) electrons. The molecule has 1 amide bonds. The van der Waals surface area contributed by atoms with Gasteiger partial charge in [-0.15, -0.1) is 12.4 Å². The van der Waals surface area contributed by atoms with Crippen LogP contribution in [0.15, 0.2) is 48.5 Å². The SMILES string of the molecule is Cl.N#Cc1ccc(-c2ccc(N3CCN(S(=O)(=O)C4(C(=O)NO)CCOCC4)CC3)cc2)cc1. The molecule has 2 N–H and O–H groups in total. The van der Waals surface area contributed by atoms with Crippen LogP contribution in [0.25, 0.3) is 11.1 Å². The van der Waals surface area contributed by atoms with Crippen molar-refractivity contribution in [2.75, 3.05) is 44.3 Å². The number of carbonyl (C=O) groups excluding carboxylic acids is 1. The highest BCUT2D eigenvalue weighted by molar-refractivity contribution is 7.91. The Morgan fingerprint density at radius 2 is 1.50 bits per heavy atom. The molecule has 0 saturated carbocycles. The van der Waals surface area contributed by atoms with Gasteiger partial charge >= 0.3 is 0 Å². The molecule has 0 aliphatic carbocycles. The maximum atomic E-state index is 13.4. The summed E-state index contributed by atoms with van der Waals surface area (Å²) >= 11 is 0. The van der Waals surface area contributed by atoms with Crippen LogP contribution < -0.4 is 10.4 Å². The van der Waals surface area contributed by atoms with E-state index < -0.39 is 20.7 Å². The van der Waals surface area contributed by atoms with Gasteiger partial charge in [0.25, 0.3) is 5.91 Å². The first kappa shape index (κ1) is 25.9. The van der Waals surface area contributed by atoms with E-state index in [0.29, 0.717) is 18.7 Å². The number of nitrogens with one attached hydrogen (secondary N) is 1. The van der Waals surface area contributed by atoms with E-state index in [2.05, 4.69) is 11.0 Å². The van der Waals surface area contributed by atoms with Crippen molar-refractivity contribution in [2.24, 2.45) is 0 Å². The third-order valence-electron chi connectivity index (χ3n) is 6.47. The van der Waals surface area contributed by atoms with Gasteiger partial charge in [0.1, 0.15) is 0 Å². The van der Waals surface area contributed by atoms with Crippen LogP contribution in [-0.4, -0.2) is 68.0 Å². The molecule has 0 atom stereocenters. The summed E-state index contributed by atoms with van der Waals surface area (Å²) in [7, 11) is -3.98. The lowest BCUT2D eigenvalue weighted by Gasteiger charge is -2.42. The second-order valence-electron chi connectivity index (χ2n) is 8.17. The van der Waals surface area contributed by atoms with Gasteiger partial charge in [0.15, 0.2) is 4.75 Å². The predicted molar refractivity (Wildman–Crippen MR) is 129 cm³/mol. The van der Waals surface area contributed by atoms with E-state index in [4.69, 9.17) is 10.00 Å². The van der Waals surface area contributed by atoms with Crippen LogP contribution in [0.2, 0.25) is 0 Å². The van der Waals surface area contributed by atoms with Crippen LogP contribution in [0.1, 0.15) is 18.4 Å². The molecule has 0 bridgehead atoms. The monoisotopic (exact) mass is 506 g/mol. The highest BCUT2D eigenvalue weighted by Gasteiger charge is 2.54. The van der Waals surface area contributed by atoms with Crippen LogP contribution in [-0.2, 0) is 19.6 Å². The number of benzene rings is 2. The molecule has 2 aliphatic rings. The van der Waals surface area contributed by atoms with Gasteiger partial charge in [-0.05, 0) is 35.4 Å². The Labute approximate surface area is 205 Å². The molecule has 2 fully saturated rings. The van der Waals surface area contributed by atoms with Gasteiger partial charge in [-0.1, -0.05) is 24.3 Å². The fourth-order valence-electron chi connectivity index (χ4n) is 4.44. The summed E-state index contributed by atoms with van der Waals surface area (Å²) < 4.78 is 31.7. The first-order valence-corrected chi connectivity index (χ1v) is 12.2.